The quantitative estimate of drug-likeness (QED) is 0.371. The second-order valence-electron chi connectivity index (χ2n) is 9.72. The lowest BCUT2D eigenvalue weighted by molar-refractivity contribution is 0.0913. The van der Waals surface area contributed by atoms with E-state index in [0.717, 1.165) is 16.8 Å². The minimum atomic E-state index is -0.404. The molecule has 186 valence electrons. The first-order valence-electron chi connectivity index (χ1n) is 11.8. The highest BCUT2D eigenvalue weighted by Crippen LogP contribution is 2.28. The zero-order valence-corrected chi connectivity index (χ0v) is 21.1. The molecule has 0 aliphatic carbocycles. The molecule has 4 aromatic rings. The van der Waals surface area contributed by atoms with Crippen molar-refractivity contribution in [3.63, 3.8) is 0 Å². The standard InChI is InChI=1S/C29H27N5O3/c1-18-8-9-22(33-27(35)20-11-19(16-30)12-21(13-20)29(2,3)4)14-24(18)25-15-26(37-34-25)28(36)32-17-23-7-5-6-10-31-23/h5-15H,17H2,1-4H3,(H,32,36)(H,33,35). The van der Waals surface area contributed by atoms with Gasteiger partial charge in [-0.3, -0.25) is 14.6 Å². The van der Waals surface area contributed by atoms with Crippen LogP contribution in [0.25, 0.3) is 11.3 Å². The maximum absolute atomic E-state index is 13.1. The van der Waals surface area contributed by atoms with Crippen molar-refractivity contribution in [3.05, 3.63) is 101 Å². The summed E-state index contributed by atoms with van der Waals surface area (Å²) in [7, 11) is 0. The summed E-state index contributed by atoms with van der Waals surface area (Å²) in [5, 5.41) is 19.1. The van der Waals surface area contributed by atoms with Crippen molar-refractivity contribution in [3.8, 4) is 17.3 Å². The molecule has 2 heterocycles. The van der Waals surface area contributed by atoms with Gasteiger partial charge in [-0.15, -0.1) is 0 Å². The minimum Gasteiger partial charge on any atom is -0.350 e. The first kappa shape index (κ1) is 25.3. The molecule has 2 aromatic carbocycles. The first-order valence-corrected chi connectivity index (χ1v) is 11.8. The number of benzene rings is 2. The van der Waals surface area contributed by atoms with Crippen molar-refractivity contribution in [1.29, 1.82) is 5.26 Å². The molecular formula is C29H27N5O3. The fourth-order valence-electron chi connectivity index (χ4n) is 3.71. The Morgan fingerprint density at radius 3 is 2.54 bits per heavy atom. The number of pyridine rings is 1. The fraction of sp³-hybridized carbons (Fsp3) is 0.207. The number of hydrogen-bond donors (Lipinski definition) is 2. The zero-order chi connectivity index (χ0) is 26.6. The van der Waals surface area contributed by atoms with E-state index < -0.39 is 5.91 Å². The molecule has 0 fully saturated rings. The smallest absolute Gasteiger partial charge is 0.290 e. The molecule has 0 radical (unpaired) electrons. The molecule has 2 amide bonds. The summed E-state index contributed by atoms with van der Waals surface area (Å²) in [6.45, 7) is 8.26. The molecule has 0 bridgehead atoms. The summed E-state index contributed by atoms with van der Waals surface area (Å²) in [6.07, 6.45) is 1.66. The highest BCUT2D eigenvalue weighted by atomic mass is 16.5. The van der Waals surface area contributed by atoms with Crippen LogP contribution in [0.2, 0.25) is 0 Å². The Bertz CT molecular complexity index is 1490. The van der Waals surface area contributed by atoms with Gasteiger partial charge in [-0.25, -0.2) is 0 Å². The third-order valence-corrected chi connectivity index (χ3v) is 5.85. The second kappa shape index (κ2) is 10.5. The molecule has 0 saturated carbocycles. The lowest BCUT2D eigenvalue weighted by Gasteiger charge is -2.20. The van der Waals surface area contributed by atoms with E-state index in [1.807, 2.05) is 45.9 Å². The van der Waals surface area contributed by atoms with Crippen LogP contribution in [0.1, 0.15) is 64.1 Å². The van der Waals surface area contributed by atoms with Gasteiger partial charge in [0, 0.05) is 29.1 Å². The van der Waals surface area contributed by atoms with Crippen LogP contribution < -0.4 is 10.6 Å². The molecule has 2 N–H and O–H groups in total. The van der Waals surface area contributed by atoms with E-state index in [1.54, 1.807) is 48.7 Å². The molecule has 0 unspecified atom stereocenters. The maximum Gasteiger partial charge on any atom is 0.290 e. The number of aromatic nitrogens is 2. The number of nitrogens with zero attached hydrogens (tertiary/aromatic N) is 3. The zero-order valence-electron chi connectivity index (χ0n) is 21.1. The summed E-state index contributed by atoms with van der Waals surface area (Å²) in [4.78, 5) is 29.8. The SMILES string of the molecule is Cc1ccc(NC(=O)c2cc(C#N)cc(C(C)(C)C)c2)cc1-c1cc(C(=O)NCc2ccccn2)on1. The third kappa shape index (κ3) is 6.08. The van der Waals surface area contributed by atoms with Gasteiger partial charge in [-0.1, -0.05) is 38.1 Å². The van der Waals surface area contributed by atoms with Gasteiger partial charge in [-0.05, 0) is 65.9 Å². The van der Waals surface area contributed by atoms with Gasteiger partial charge in [0.25, 0.3) is 11.8 Å². The number of anilines is 1. The van der Waals surface area contributed by atoms with E-state index in [9.17, 15) is 14.9 Å². The predicted octanol–water partition coefficient (Wildman–Crippen LogP) is 5.40. The topological polar surface area (TPSA) is 121 Å². The molecule has 0 atom stereocenters. The highest BCUT2D eigenvalue weighted by molar-refractivity contribution is 6.05. The monoisotopic (exact) mass is 493 g/mol. The predicted molar refractivity (Wildman–Crippen MR) is 140 cm³/mol. The summed E-state index contributed by atoms with van der Waals surface area (Å²) in [5.41, 5.74) is 4.88. The van der Waals surface area contributed by atoms with Crippen LogP contribution in [0.3, 0.4) is 0 Å². The molecule has 0 aliphatic heterocycles. The molecular weight excluding hydrogens is 466 g/mol. The van der Waals surface area contributed by atoms with Crippen molar-refractivity contribution in [1.82, 2.24) is 15.5 Å². The third-order valence-electron chi connectivity index (χ3n) is 5.85. The van der Waals surface area contributed by atoms with Crippen molar-refractivity contribution in [2.75, 3.05) is 5.32 Å². The Hall–Kier alpha value is -4.77. The molecule has 8 nitrogen and oxygen atoms in total. The average Bonchev–Trinajstić information content (AvgIpc) is 3.38. The Labute approximate surface area is 215 Å². The summed E-state index contributed by atoms with van der Waals surface area (Å²) < 4.78 is 5.28. The lowest BCUT2D eigenvalue weighted by atomic mass is 9.85. The number of amides is 2. The molecule has 8 heteroatoms. The van der Waals surface area contributed by atoms with Gasteiger partial charge < -0.3 is 15.2 Å². The summed E-state index contributed by atoms with van der Waals surface area (Å²) >= 11 is 0. The van der Waals surface area contributed by atoms with Crippen molar-refractivity contribution in [2.45, 2.75) is 39.7 Å². The van der Waals surface area contributed by atoms with E-state index in [2.05, 4.69) is 26.8 Å². The average molecular weight is 494 g/mol. The van der Waals surface area contributed by atoms with Crippen molar-refractivity contribution < 1.29 is 14.1 Å². The number of hydrogen-bond acceptors (Lipinski definition) is 6. The second-order valence-corrected chi connectivity index (χ2v) is 9.72. The fourth-order valence-corrected chi connectivity index (χ4v) is 3.71. The van der Waals surface area contributed by atoms with E-state index in [0.29, 0.717) is 28.1 Å². The normalized spacial score (nSPS) is 11.0. The largest absolute Gasteiger partial charge is 0.350 e. The summed E-state index contributed by atoms with van der Waals surface area (Å²) in [5.74, 6) is -0.659. The number of carbonyl (C=O) groups excluding carboxylic acids is 2. The molecule has 2 aromatic heterocycles. The maximum atomic E-state index is 13.1. The van der Waals surface area contributed by atoms with E-state index >= 15 is 0 Å². The Kier molecular flexibility index (Phi) is 7.16. The number of aryl methyl sites for hydroxylation is 1. The van der Waals surface area contributed by atoms with Crippen LogP contribution >= 0.6 is 0 Å². The Morgan fingerprint density at radius 1 is 1.03 bits per heavy atom. The minimum absolute atomic E-state index is 0.0720. The van der Waals surface area contributed by atoms with Crippen LogP contribution in [0, 0.1) is 18.3 Å². The highest BCUT2D eigenvalue weighted by Gasteiger charge is 2.19. The molecule has 0 saturated heterocycles. The molecule has 4 rings (SSSR count). The number of rotatable bonds is 6. The lowest BCUT2D eigenvalue weighted by Crippen LogP contribution is -2.22. The van der Waals surface area contributed by atoms with E-state index in [-0.39, 0.29) is 23.6 Å². The molecule has 37 heavy (non-hydrogen) atoms. The Morgan fingerprint density at radius 2 is 1.84 bits per heavy atom. The number of carbonyl (C=O) groups is 2. The van der Waals surface area contributed by atoms with Gasteiger partial charge >= 0.3 is 0 Å². The van der Waals surface area contributed by atoms with Gasteiger partial charge in [0.05, 0.1) is 23.9 Å². The van der Waals surface area contributed by atoms with Crippen LogP contribution in [0.5, 0.6) is 0 Å². The van der Waals surface area contributed by atoms with Crippen LogP contribution in [-0.4, -0.2) is 22.0 Å². The van der Waals surface area contributed by atoms with Crippen LogP contribution in [0.4, 0.5) is 5.69 Å². The van der Waals surface area contributed by atoms with Gasteiger partial charge in [-0.2, -0.15) is 5.26 Å². The van der Waals surface area contributed by atoms with Crippen LogP contribution in [0.15, 0.2) is 71.4 Å². The molecule has 0 aliphatic rings. The Balaban J connectivity index is 1.52. The number of nitriles is 1. The number of nitrogens with one attached hydrogen (secondary N) is 2. The van der Waals surface area contributed by atoms with Gasteiger partial charge in [0.1, 0.15) is 5.69 Å². The molecule has 0 spiro atoms. The summed E-state index contributed by atoms with van der Waals surface area (Å²) in [6, 6.07) is 19.8. The van der Waals surface area contributed by atoms with Gasteiger partial charge in [0.15, 0.2) is 0 Å². The van der Waals surface area contributed by atoms with Crippen LogP contribution in [-0.2, 0) is 12.0 Å². The first-order chi connectivity index (χ1) is 17.6. The van der Waals surface area contributed by atoms with E-state index in [4.69, 9.17) is 4.52 Å². The van der Waals surface area contributed by atoms with Crippen molar-refractivity contribution >= 4 is 17.5 Å². The van der Waals surface area contributed by atoms with Crippen molar-refractivity contribution in [2.24, 2.45) is 0 Å². The van der Waals surface area contributed by atoms with E-state index in [1.165, 1.54) is 0 Å². The van der Waals surface area contributed by atoms with Gasteiger partial charge in [0.2, 0.25) is 5.76 Å².